The van der Waals surface area contributed by atoms with Crippen LogP contribution >= 0.6 is 0 Å². The van der Waals surface area contributed by atoms with Gasteiger partial charge in [-0.15, -0.1) is 0 Å². The van der Waals surface area contributed by atoms with Gasteiger partial charge in [0.2, 0.25) is 0 Å². The van der Waals surface area contributed by atoms with Gasteiger partial charge < -0.3 is 5.11 Å². The van der Waals surface area contributed by atoms with Gasteiger partial charge in [-0.1, -0.05) is 25.3 Å². The highest BCUT2D eigenvalue weighted by molar-refractivity contribution is 6.25. The van der Waals surface area contributed by atoms with E-state index in [1.54, 1.807) is 0 Å². The van der Waals surface area contributed by atoms with E-state index in [0.717, 1.165) is 17.4 Å². The van der Waals surface area contributed by atoms with E-state index in [0.29, 0.717) is 12.8 Å². The van der Waals surface area contributed by atoms with Crippen LogP contribution in [0.5, 0.6) is 0 Å². The number of carbonyl (C=O) groups is 3. The van der Waals surface area contributed by atoms with Gasteiger partial charge >= 0.3 is 5.97 Å². The lowest BCUT2D eigenvalue weighted by Crippen LogP contribution is -2.58. The topological polar surface area (TPSA) is 118 Å². The molecule has 2 amide bonds. The molecule has 0 bridgehead atoms. The van der Waals surface area contributed by atoms with Gasteiger partial charge in [0, 0.05) is 6.07 Å². The van der Waals surface area contributed by atoms with Crippen molar-refractivity contribution in [3.63, 3.8) is 0 Å². The third-order valence-corrected chi connectivity index (χ3v) is 4.60. The number of imide groups is 1. The van der Waals surface area contributed by atoms with Crippen LogP contribution in [0.25, 0.3) is 0 Å². The van der Waals surface area contributed by atoms with Crippen LogP contribution in [0, 0.1) is 10.1 Å². The maximum atomic E-state index is 12.7. The minimum atomic E-state index is -1.61. The molecule has 120 valence electrons. The van der Waals surface area contributed by atoms with Crippen LogP contribution in [0.4, 0.5) is 5.69 Å². The van der Waals surface area contributed by atoms with Crippen molar-refractivity contribution < 1.29 is 24.4 Å². The van der Waals surface area contributed by atoms with E-state index < -0.39 is 33.9 Å². The third kappa shape index (κ3) is 2.01. The highest BCUT2D eigenvalue weighted by atomic mass is 16.6. The van der Waals surface area contributed by atoms with E-state index in [2.05, 4.69) is 0 Å². The van der Waals surface area contributed by atoms with Crippen molar-refractivity contribution >= 4 is 23.5 Å². The zero-order chi connectivity index (χ0) is 16.8. The van der Waals surface area contributed by atoms with Crippen LogP contribution in [-0.4, -0.2) is 38.3 Å². The Labute approximate surface area is 130 Å². The monoisotopic (exact) mass is 318 g/mol. The molecule has 1 aliphatic heterocycles. The predicted molar refractivity (Wildman–Crippen MR) is 77.0 cm³/mol. The minimum absolute atomic E-state index is 0.101. The Morgan fingerprint density at radius 2 is 1.83 bits per heavy atom. The zero-order valence-corrected chi connectivity index (χ0v) is 12.2. The molecule has 8 heteroatoms. The highest BCUT2D eigenvalue weighted by Crippen LogP contribution is 2.41. The Bertz CT molecular complexity index is 735. The molecular weight excluding hydrogens is 304 g/mol. The fraction of sp³-hybridized carbons (Fsp3) is 0.400. The number of aliphatic carboxylic acids is 1. The fourth-order valence-corrected chi connectivity index (χ4v) is 3.48. The van der Waals surface area contributed by atoms with Crippen molar-refractivity contribution in [2.75, 3.05) is 0 Å². The third-order valence-electron chi connectivity index (χ3n) is 4.60. The van der Waals surface area contributed by atoms with E-state index in [9.17, 15) is 29.6 Å². The number of benzene rings is 1. The largest absolute Gasteiger partial charge is 0.479 e. The molecule has 0 radical (unpaired) electrons. The SMILES string of the molecule is O=C1c2cccc([N+](=O)[O-])c2C(=O)N1C1(C(=O)O)CCCCC1. The number of nitrogens with zero attached hydrogens (tertiary/aromatic N) is 2. The number of carboxylic acid groups (broad SMARTS) is 1. The first-order valence-electron chi connectivity index (χ1n) is 7.30. The minimum Gasteiger partial charge on any atom is -0.479 e. The van der Waals surface area contributed by atoms with Crippen LogP contribution in [0.2, 0.25) is 0 Å². The Hall–Kier alpha value is -2.77. The normalized spacial score (nSPS) is 19.6. The molecule has 0 saturated heterocycles. The maximum absolute atomic E-state index is 12.7. The van der Waals surface area contributed by atoms with Crippen LogP contribution < -0.4 is 0 Å². The Morgan fingerprint density at radius 1 is 1.17 bits per heavy atom. The number of hydrogen-bond donors (Lipinski definition) is 1. The number of nitro benzene ring substituents is 1. The Balaban J connectivity index is 2.15. The quantitative estimate of drug-likeness (QED) is 0.517. The molecule has 1 N–H and O–H groups in total. The molecule has 1 aromatic carbocycles. The molecule has 0 atom stereocenters. The summed E-state index contributed by atoms with van der Waals surface area (Å²) in [5.41, 5.74) is -2.50. The van der Waals surface area contributed by atoms with Crippen LogP contribution in [0.3, 0.4) is 0 Å². The summed E-state index contributed by atoms with van der Waals surface area (Å²) in [5, 5.41) is 20.8. The maximum Gasteiger partial charge on any atom is 0.330 e. The summed E-state index contributed by atoms with van der Waals surface area (Å²) in [6.07, 6.45) is 2.34. The molecule has 23 heavy (non-hydrogen) atoms. The molecular formula is C15H14N2O6. The van der Waals surface area contributed by atoms with Gasteiger partial charge in [-0.2, -0.15) is 0 Å². The molecule has 1 aromatic rings. The van der Waals surface area contributed by atoms with Crippen molar-refractivity contribution in [3.8, 4) is 0 Å². The predicted octanol–water partition coefficient (Wildman–Crippen LogP) is 1.98. The summed E-state index contributed by atoms with van der Waals surface area (Å²) in [4.78, 5) is 48.2. The van der Waals surface area contributed by atoms with Gasteiger partial charge in [0.1, 0.15) is 11.1 Å². The lowest BCUT2D eigenvalue weighted by Gasteiger charge is -2.39. The second-order valence-corrected chi connectivity index (χ2v) is 5.80. The van der Waals surface area contributed by atoms with Crippen LogP contribution in [0.15, 0.2) is 18.2 Å². The van der Waals surface area contributed by atoms with Crippen LogP contribution in [0.1, 0.15) is 52.8 Å². The van der Waals surface area contributed by atoms with Crippen LogP contribution in [-0.2, 0) is 4.79 Å². The van der Waals surface area contributed by atoms with Crippen molar-refractivity contribution in [1.82, 2.24) is 4.90 Å². The molecule has 1 fully saturated rings. The first-order chi connectivity index (χ1) is 10.9. The summed E-state index contributed by atoms with van der Waals surface area (Å²) in [7, 11) is 0. The summed E-state index contributed by atoms with van der Waals surface area (Å²) in [6, 6.07) is 3.78. The first kappa shape index (κ1) is 15.1. The number of hydrogen-bond acceptors (Lipinski definition) is 5. The van der Waals surface area contributed by atoms with Gasteiger partial charge in [-0.05, 0) is 18.9 Å². The van der Waals surface area contributed by atoms with Crippen molar-refractivity contribution in [2.24, 2.45) is 0 Å². The number of rotatable bonds is 3. The lowest BCUT2D eigenvalue weighted by atomic mass is 9.80. The smallest absolute Gasteiger partial charge is 0.330 e. The van der Waals surface area contributed by atoms with E-state index in [1.165, 1.54) is 12.1 Å². The standard InChI is InChI=1S/C15H14N2O6/c18-12-9-5-4-6-10(17(22)23)11(9)13(19)16(12)15(14(20)21)7-2-1-3-8-15/h4-6H,1-3,7-8H2,(H,20,21). The molecule has 8 nitrogen and oxygen atoms in total. The average Bonchev–Trinajstić information content (AvgIpc) is 2.79. The fourth-order valence-electron chi connectivity index (χ4n) is 3.48. The molecule has 1 heterocycles. The molecule has 1 saturated carbocycles. The number of carbonyl (C=O) groups excluding carboxylic acids is 2. The average molecular weight is 318 g/mol. The molecule has 3 rings (SSSR count). The molecule has 0 aromatic heterocycles. The van der Waals surface area contributed by atoms with Gasteiger partial charge in [-0.3, -0.25) is 24.6 Å². The molecule has 1 aliphatic carbocycles. The number of carboxylic acids is 1. The van der Waals surface area contributed by atoms with Gasteiger partial charge in [0.25, 0.3) is 17.5 Å². The van der Waals surface area contributed by atoms with Crippen molar-refractivity contribution in [2.45, 2.75) is 37.6 Å². The highest BCUT2D eigenvalue weighted by Gasteiger charge is 2.55. The summed E-state index contributed by atoms with van der Waals surface area (Å²) >= 11 is 0. The van der Waals surface area contributed by atoms with Crippen molar-refractivity contribution in [3.05, 3.63) is 39.4 Å². The van der Waals surface area contributed by atoms with Crippen molar-refractivity contribution in [1.29, 1.82) is 0 Å². The number of fused-ring (bicyclic) bond motifs is 1. The number of nitro groups is 1. The summed E-state index contributed by atoms with van der Waals surface area (Å²) in [5.74, 6) is -2.89. The second-order valence-electron chi connectivity index (χ2n) is 5.80. The first-order valence-corrected chi connectivity index (χ1v) is 7.30. The Morgan fingerprint density at radius 3 is 2.39 bits per heavy atom. The van der Waals surface area contributed by atoms with E-state index in [1.807, 2.05) is 0 Å². The van der Waals surface area contributed by atoms with Gasteiger partial charge in [-0.25, -0.2) is 4.79 Å². The summed E-state index contributed by atoms with van der Waals surface area (Å²) < 4.78 is 0. The molecule has 2 aliphatic rings. The lowest BCUT2D eigenvalue weighted by molar-refractivity contribution is -0.385. The van der Waals surface area contributed by atoms with Gasteiger partial charge in [0.05, 0.1) is 10.5 Å². The van der Waals surface area contributed by atoms with Gasteiger partial charge in [0.15, 0.2) is 0 Å². The number of amides is 2. The second kappa shape index (κ2) is 5.15. The molecule has 0 spiro atoms. The van der Waals surface area contributed by atoms with E-state index in [4.69, 9.17) is 0 Å². The van der Waals surface area contributed by atoms with E-state index >= 15 is 0 Å². The van der Waals surface area contributed by atoms with E-state index in [-0.39, 0.29) is 24.0 Å². The zero-order valence-electron chi connectivity index (χ0n) is 12.2. The Kier molecular flexibility index (Phi) is 3.39. The molecule has 0 unspecified atom stereocenters. The summed E-state index contributed by atoms with van der Waals surface area (Å²) in [6.45, 7) is 0.